The third-order valence-corrected chi connectivity index (χ3v) is 5.22. The molecular weight excluding hydrogens is 355 g/mol. The molecule has 1 saturated carbocycles. The zero-order valence-electron chi connectivity index (χ0n) is 12.4. The van der Waals surface area contributed by atoms with Crippen LogP contribution in [0.5, 0.6) is 0 Å². The molecular formula is C15H20BrFN2OS. The SMILES string of the molecule is CCOC1CC(Nc2ccc(C(N)=S)c(Br)c2F)C1(C)C. The molecule has 0 spiro atoms. The minimum Gasteiger partial charge on any atom is -0.389 e. The van der Waals surface area contributed by atoms with Crippen LogP contribution in [0.15, 0.2) is 16.6 Å². The highest BCUT2D eigenvalue weighted by molar-refractivity contribution is 9.10. The molecule has 0 amide bonds. The fraction of sp³-hybridized carbons (Fsp3) is 0.533. The van der Waals surface area contributed by atoms with Gasteiger partial charge in [-0.2, -0.15) is 0 Å². The average molecular weight is 375 g/mol. The van der Waals surface area contributed by atoms with E-state index in [0.717, 1.165) is 6.42 Å². The summed E-state index contributed by atoms with van der Waals surface area (Å²) < 4.78 is 20.4. The molecule has 0 heterocycles. The van der Waals surface area contributed by atoms with Gasteiger partial charge in [0, 0.05) is 23.6 Å². The van der Waals surface area contributed by atoms with Crippen LogP contribution in [0.25, 0.3) is 0 Å². The van der Waals surface area contributed by atoms with Gasteiger partial charge in [0.25, 0.3) is 0 Å². The number of benzene rings is 1. The topological polar surface area (TPSA) is 47.3 Å². The molecule has 1 fully saturated rings. The summed E-state index contributed by atoms with van der Waals surface area (Å²) in [7, 11) is 0. The molecule has 0 aromatic heterocycles. The molecule has 2 atom stereocenters. The zero-order chi connectivity index (χ0) is 15.8. The second-order valence-electron chi connectivity index (χ2n) is 5.85. The standard InChI is InChI=1S/C15H20BrFN2OS/c1-4-20-11-7-10(15(11,2)3)19-9-6-5-8(14(18)21)12(16)13(9)17/h5-6,10-11,19H,4,7H2,1-3H3,(H2,18,21). The van der Waals surface area contributed by atoms with Crippen molar-refractivity contribution in [2.75, 3.05) is 11.9 Å². The molecule has 1 aromatic rings. The van der Waals surface area contributed by atoms with Crippen LogP contribution < -0.4 is 11.1 Å². The Balaban J connectivity index is 2.15. The largest absolute Gasteiger partial charge is 0.389 e. The summed E-state index contributed by atoms with van der Waals surface area (Å²) in [6, 6.07) is 3.58. The van der Waals surface area contributed by atoms with Crippen LogP contribution in [-0.4, -0.2) is 23.7 Å². The van der Waals surface area contributed by atoms with Crippen molar-refractivity contribution in [2.24, 2.45) is 11.1 Å². The van der Waals surface area contributed by atoms with Gasteiger partial charge >= 0.3 is 0 Å². The first kappa shape index (κ1) is 16.6. The molecule has 21 heavy (non-hydrogen) atoms. The van der Waals surface area contributed by atoms with E-state index in [1.54, 1.807) is 12.1 Å². The fourth-order valence-corrected chi connectivity index (χ4v) is 3.51. The van der Waals surface area contributed by atoms with Gasteiger partial charge in [-0.3, -0.25) is 0 Å². The van der Waals surface area contributed by atoms with Gasteiger partial charge in [0.2, 0.25) is 0 Å². The highest BCUT2D eigenvalue weighted by Crippen LogP contribution is 2.44. The minimum absolute atomic E-state index is 0.0310. The lowest BCUT2D eigenvalue weighted by Gasteiger charge is -2.52. The monoisotopic (exact) mass is 374 g/mol. The van der Waals surface area contributed by atoms with E-state index in [-0.39, 0.29) is 28.4 Å². The predicted molar refractivity (Wildman–Crippen MR) is 91.2 cm³/mol. The number of hydrogen-bond donors (Lipinski definition) is 2. The lowest BCUT2D eigenvalue weighted by molar-refractivity contribution is -0.0976. The van der Waals surface area contributed by atoms with Crippen molar-refractivity contribution in [1.29, 1.82) is 0 Å². The molecule has 1 aliphatic carbocycles. The van der Waals surface area contributed by atoms with Crippen molar-refractivity contribution in [1.82, 2.24) is 0 Å². The van der Waals surface area contributed by atoms with Crippen LogP contribution >= 0.6 is 28.1 Å². The summed E-state index contributed by atoms with van der Waals surface area (Å²) in [4.78, 5) is 0.174. The van der Waals surface area contributed by atoms with Gasteiger partial charge in [0.1, 0.15) is 4.99 Å². The van der Waals surface area contributed by atoms with E-state index >= 15 is 0 Å². The van der Waals surface area contributed by atoms with Crippen molar-refractivity contribution in [3.63, 3.8) is 0 Å². The first-order valence-electron chi connectivity index (χ1n) is 6.95. The molecule has 6 heteroatoms. The highest BCUT2D eigenvalue weighted by Gasteiger charge is 2.49. The van der Waals surface area contributed by atoms with Gasteiger partial charge in [-0.15, -0.1) is 0 Å². The van der Waals surface area contributed by atoms with Crippen molar-refractivity contribution in [2.45, 2.75) is 39.3 Å². The van der Waals surface area contributed by atoms with E-state index in [1.807, 2.05) is 6.92 Å². The van der Waals surface area contributed by atoms with E-state index < -0.39 is 0 Å². The van der Waals surface area contributed by atoms with E-state index in [0.29, 0.717) is 22.3 Å². The van der Waals surface area contributed by atoms with E-state index in [2.05, 4.69) is 35.1 Å². The lowest BCUT2D eigenvalue weighted by atomic mass is 9.64. The molecule has 0 bridgehead atoms. The number of ether oxygens (including phenoxy) is 1. The number of rotatable bonds is 5. The van der Waals surface area contributed by atoms with Crippen LogP contribution in [-0.2, 0) is 4.74 Å². The number of hydrogen-bond acceptors (Lipinski definition) is 3. The molecule has 3 N–H and O–H groups in total. The molecule has 2 unspecified atom stereocenters. The van der Waals surface area contributed by atoms with Gasteiger partial charge in [-0.1, -0.05) is 26.1 Å². The number of nitrogens with two attached hydrogens (primary N) is 1. The van der Waals surface area contributed by atoms with Crippen LogP contribution in [0, 0.1) is 11.2 Å². The quantitative estimate of drug-likeness (QED) is 0.768. The minimum atomic E-state index is -0.365. The molecule has 1 aromatic carbocycles. The maximum atomic E-state index is 14.4. The first-order valence-corrected chi connectivity index (χ1v) is 8.15. The van der Waals surface area contributed by atoms with Crippen LogP contribution in [0.1, 0.15) is 32.8 Å². The number of nitrogens with one attached hydrogen (secondary N) is 1. The molecule has 2 rings (SSSR count). The second-order valence-corrected chi connectivity index (χ2v) is 7.08. The molecule has 116 valence electrons. The lowest BCUT2D eigenvalue weighted by Crippen LogP contribution is -2.58. The maximum absolute atomic E-state index is 14.4. The highest BCUT2D eigenvalue weighted by atomic mass is 79.9. The van der Waals surface area contributed by atoms with Crippen molar-refractivity contribution in [3.8, 4) is 0 Å². The van der Waals surface area contributed by atoms with Gasteiger partial charge in [-0.05, 0) is 41.4 Å². The van der Waals surface area contributed by atoms with Gasteiger partial charge < -0.3 is 15.8 Å². The molecule has 1 aliphatic rings. The Bertz CT molecular complexity index is 565. The van der Waals surface area contributed by atoms with Crippen molar-refractivity contribution < 1.29 is 9.13 Å². The molecule has 0 aliphatic heterocycles. The van der Waals surface area contributed by atoms with Gasteiger partial charge in [-0.25, -0.2) is 4.39 Å². The van der Waals surface area contributed by atoms with Crippen molar-refractivity contribution in [3.05, 3.63) is 28.0 Å². The smallest absolute Gasteiger partial charge is 0.161 e. The van der Waals surface area contributed by atoms with Gasteiger partial charge in [0.15, 0.2) is 5.82 Å². The zero-order valence-corrected chi connectivity index (χ0v) is 14.8. The average Bonchev–Trinajstić information content (AvgIpc) is 2.42. The van der Waals surface area contributed by atoms with Crippen LogP contribution in [0.4, 0.5) is 10.1 Å². The maximum Gasteiger partial charge on any atom is 0.161 e. The van der Waals surface area contributed by atoms with E-state index in [1.165, 1.54) is 0 Å². The Labute approximate surface area is 138 Å². The Morgan fingerprint density at radius 3 is 2.76 bits per heavy atom. The van der Waals surface area contributed by atoms with Crippen LogP contribution in [0.2, 0.25) is 0 Å². The van der Waals surface area contributed by atoms with Crippen molar-refractivity contribution >= 4 is 38.8 Å². The predicted octanol–water partition coefficient (Wildman–Crippen LogP) is 3.84. The van der Waals surface area contributed by atoms with E-state index in [4.69, 9.17) is 22.7 Å². The molecule has 0 radical (unpaired) electrons. The summed E-state index contributed by atoms with van der Waals surface area (Å²) >= 11 is 8.12. The first-order chi connectivity index (χ1) is 9.78. The fourth-order valence-electron chi connectivity index (χ4n) is 2.65. The summed E-state index contributed by atoms with van der Waals surface area (Å²) in [5.74, 6) is -0.365. The summed E-state index contributed by atoms with van der Waals surface area (Å²) in [5, 5.41) is 3.26. The number of thiocarbonyl (C=S) groups is 1. The summed E-state index contributed by atoms with van der Waals surface area (Å²) in [6.45, 7) is 6.95. The normalized spacial score (nSPS) is 23.5. The Hall–Kier alpha value is -0.720. The molecule has 3 nitrogen and oxygen atoms in total. The van der Waals surface area contributed by atoms with Crippen LogP contribution in [0.3, 0.4) is 0 Å². The van der Waals surface area contributed by atoms with E-state index in [9.17, 15) is 4.39 Å². The Morgan fingerprint density at radius 2 is 2.24 bits per heavy atom. The van der Waals surface area contributed by atoms with Gasteiger partial charge in [0.05, 0.1) is 16.3 Å². The third kappa shape index (κ3) is 3.07. The number of anilines is 1. The third-order valence-electron chi connectivity index (χ3n) is 4.22. The number of halogens is 2. The Morgan fingerprint density at radius 1 is 1.57 bits per heavy atom. The second kappa shape index (κ2) is 6.18. The summed E-state index contributed by atoms with van der Waals surface area (Å²) in [5.41, 5.74) is 6.49. The molecule has 0 saturated heterocycles. The Kier molecular flexibility index (Phi) is 4.90. The summed E-state index contributed by atoms with van der Waals surface area (Å²) in [6.07, 6.45) is 1.08.